The van der Waals surface area contributed by atoms with Gasteiger partial charge in [-0.05, 0) is 37.0 Å². The summed E-state index contributed by atoms with van der Waals surface area (Å²) < 4.78 is 8.02. The fraction of sp³-hybridized carbons (Fsp3) is 0.455. The minimum Gasteiger partial charge on any atom is -0.427 e. The van der Waals surface area contributed by atoms with Gasteiger partial charge in [-0.15, -0.1) is 0 Å². The van der Waals surface area contributed by atoms with Gasteiger partial charge < -0.3 is 9.72 Å². The van der Waals surface area contributed by atoms with E-state index in [2.05, 4.69) is 9.97 Å². The quantitative estimate of drug-likeness (QED) is 0.453. The molecule has 3 aromatic rings. The number of fused-ring (bicyclic) bond motifs is 1. The van der Waals surface area contributed by atoms with Gasteiger partial charge >= 0.3 is 11.7 Å². The van der Waals surface area contributed by atoms with Gasteiger partial charge in [0, 0.05) is 25.9 Å². The Hall–Kier alpha value is -3.16. The second-order valence-corrected chi connectivity index (χ2v) is 7.56. The zero-order chi connectivity index (χ0) is 21.8. The Morgan fingerprint density at radius 2 is 1.87 bits per heavy atom. The number of aryl methyl sites for hydroxylation is 1. The van der Waals surface area contributed by atoms with Crippen LogP contribution in [-0.2, 0) is 24.3 Å². The van der Waals surface area contributed by atoms with Crippen LogP contribution in [0.4, 0.5) is 0 Å². The minimum atomic E-state index is -0.366. The highest BCUT2D eigenvalue weighted by Gasteiger charge is 2.19. The van der Waals surface area contributed by atoms with Crippen LogP contribution in [0, 0.1) is 0 Å². The topological polar surface area (TPSA) is 99.0 Å². The Bertz CT molecular complexity index is 1170. The molecular formula is C22H28N4O4. The molecule has 2 heterocycles. The summed E-state index contributed by atoms with van der Waals surface area (Å²) in [4.78, 5) is 44.7. The van der Waals surface area contributed by atoms with Crippen LogP contribution in [0.1, 0.15) is 57.8 Å². The molecular weight excluding hydrogens is 384 g/mol. The number of imidazole rings is 1. The highest BCUT2D eigenvalue weighted by Crippen LogP contribution is 2.22. The van der Waals surface area contributed by atoms with Crippen molar-refractivity contribution in [3.8, 4) is 5.75 Å². The number of carbonyl (C=O) groups excluding carboxylic acids is 1. The van der Waals surface area contributed by atoms with Gasteiger partial charge in [0.05, 0.1) is 0 Å². The number of ether oxygens (including phenoxy) is 1. The van der Waals surface area contributed by atoms with Crippen molar-refractivity contribution < 1.29 is 9.53 Å². The maximum absolute atomic E-state index is 12.9. The molecule has 0 radical (unpaired) electrons. The van der Waals surface area contributed by atoms with Crippen LogP contribution in [0.15, 0.2) is 33.9 Å². The van der Waals surface area contributed by atoms with Crippen LogP contribution >= 0.6 is 0 Å². The van der Waals surface area contributed by atoms with E-state index < -0.39 is 0 Å². The Labute approximate surface area is 174 Å². The van der Waals surface area contributed by atoms with Crippen LogP contribution in [0.5, 0.6) is 5.75 Å². The van der Waals surface area contributed by atoms with Crippen molar-refractivity contribution in [3.05, 3.63) is 56.5 Å². The first-order valence-corrected chi connectivity index (χ1v) is 10.4. The van der Waals surface area contributed by atoms with Gasteiger partial charge in [0.2, 0.25) is 0 Å². The van der Waals surface area contributed by atoms with Crippen LogP contribution in [-0.4, -0.2) is 25.1 Å². The van der Waals surface area contributed by atoms with Crippen molar-refractivity contribution in [2.24, 2.45) is 0 Å². The average Bonchev–Trinajstić information content (AvgIpc) is 3.14. The first-order chi connectivity index (χ1) is 14.3. The molecule has 0 fully saturated rings. The predicted octanol–water partition coefficient (Wildman–Crippen LogP) is 2.98. The molecule has 0 aliphatic carbocycles. The first-order valence-electron chi connectivity index (χ1n) is 10.4. The zero-order valence-corrected chi connectivity index (χ0v) is 17.9. The van der Waals surface area contributed by atoms with E-state index in [1.54, 1.807) is 10.6 Å². The lowest BCUT2D eigenvalue weighted by atomic mass is 10.0. The molecule has 160 valence electrons. The Kier molecular flexibility index (Phi) is 6.54. The van der Waals surface area contributed by atoms with Crippen LogP contribution in [0.3, 0.4) is 0 Å². The van der Waals surface area contributed by atoms with Crippen molar-refractivity contribution in [2.75, 3.05) is 0 Å². The van der Waals surface area contributed by atoms with E-state index in [0.717, 1.165) is 12.0 Å². The molecule has 0 aliphatic heterocycles. The van der Waals surface area contributed by atoms with Crippen molar-refractivity contribution in [2.45, 2.75) is 66.0 Å². The van der Waals surface area contributed by atoms with E-state index >= 15 is 0 Å². The number of rotatable bonds is 8. The van der Waals surface area contributed by atoms with Gasteiger partial charge in [0.1, 0.15) is 17.1 Å². The maximum atomic E-state index is 12.9. The number of benzene rings is 1. The maximum Gasteiger partial charge on any atom is 0.332 e. The number of carbonyl (C=O) groups is 1. The molecule has 0 aliphatic rings. The number of aromatic nitrogens is 4. The molecule has 1 unspecified atom stereocenters. The van der Waals surface area contributed by atoms with Gasteiger partial charge in [-0.3, -0.25) is 18.7 Å². The first kappa shape index (κ1) is 21.5. The number of aromatic amines is 1. The van der Waals surface area contributed by atoms with Crippen LogP contribution < -0.4 is 16.0 Å². The van der Waals surface area contributed by atoms with E-state index in [1.165, 1.54) is 11.5 Å². The highest BCUT2D eigenvalue weighted by atomic mass is 16.5. The standard InChI is InChI=1S/C22H28N4O4/c1-5-10-25-20-18(21(28)26(11-6-2)22(25)29)23-19(24-20)14(3)12-16-8-7-9-17(13-16)30-15(4)27/h7-9,13-14H,5-6,10-12H2,1-4H3,(H,23,24). The number of hydrogen-bond acceptors (Lipinski definition) is 5. The molecule has 2 aromatic heterocycles. The highest BCUT2D eigenvalue weighted by molar-refractivity contribution is 5.70. The second-order valence-electron chi connectivity index (χ2n) is 7.56. The summed E-state index contributed by atoms with van der Waals surface area (Å²) in [6.07, 6.45) is 2.10. The van der Waals surface area contributed by atoms with Crippen molar-refractivity contribution in [1.29, 1.82) is 0 Å². The minimum absolute atomic E-state index is 0.0332. The summed E-state index contributed by atoms with van der Waals surface area (Å²) in [6.45, 7) is 8.17. The van der Waals surface area contributed by atoms with E-state index in [-0.39, 0.29) is 23.1 Å². The van der Waals surface area contributed by atoms with Crippen molar-refractivity contribution in [1.82, 2.24) is 19.1 Å². The zero-order valence-electron chi connectivity index (χ0n) is 17.9. The van der Waals surface area contributed by atoms with E-state index in [1.807, 2.05) is 39.0 Å². The Morgan fingerprint density at radius 3 is 2.53 bits per heavy atom. The molecule has 1 atom stereocenters. The molecule has 30 heavy (non-hydrogen) atoms. The Balaban J connectivity index is 1.99. The average molecular weight is 412 g/mol. The SMILES string of the molecule is CCCn1c(=O)c2[nH]c(C(C)Cc3cccc(OC(C)=O)c3)nc2n(CCC)c1=O. The summed E-state index contributed by atoms with van der Waals surface area (Å²) in [5.74, 6) is 0.749. The second kappa shape index (κ2) is 9.11. The summed E-state index contributed by atoms with van der Waals surface area (Å²) in [6, 6.07) is 7.34. The van der Waals surface area contributed by atoms with E-state index in [9.17, 15) is 14.4 Å². The molecule has 8 heteroatoms. The number of esters is 1. The van der Waals surface area contributed by atoms with Crippen LogP contribution in [0.25, 0.3) is 11.2 Å². The smallest absolute Gasteiger partial charge is 0.332 e. The molecule has 1 N–H and O–H groups in total. The lowest BCUT2D eigenvalue weighted by Gasteiger charge is -2.10. The summed E-state index contributed by atoms with van der Waals surface area (Å²) >= 11 is 0. The fourth-order valence-electron chi connectivity index (χ4n) is 3.62. The molecule has 0 bridgehead atoms. The molecule has 8 nitrogen and oxygen atoms in total. The lowest BCUT2D eigenvalue weighted by Crippen LogP contribution is -2.40. The number of H-pyrrole nitrogens is 1. The third-order valence-electron chi connectivity index (χ3n) is 4.94. The number of hydrogen-bond donors (Lipinski definition) is 1. The van der Waals surface area contributed by atoms with Crippen molar-refractivity contribution in [3.63, 3.8) is 0 Å². The monoisotopic (exact) mass is 412 g/mol. The molecule has 1 aromatic carbocycles. The normalized spacial score (nSPS) is 12.3. The molecule has 0 amide bonds. The third-order valence-corrected chi connectivity index (χ3v) is 4.94. The molecule has 3 rings (SSSR count). The molecule has 0 saturated heterocycles. The third kappa shape index (κ3) is 4.37. The summed E-state index contributed by atoms with van der Waals surface area (Å²) in [5.41, 5.74) is 1.13. The lowest BCUT2D eigenvalue weighted by molar-refractivity contribution is -0.131. The fourth-order valence-corrected chi connectivity index (χ4v) is 3.62. The van der Waals surface area contributed by atoms with Gasteiger partial charge in [-0.1, -0.05) is 32.9 Å². The summed E-state index contributed by atoms with van der Waals surface area (Å²) in [7, 11) is 0. The molecule has 0 spiro atoms. The largest absolute Gasteiger partial charge is 0.427 e. The van der Waals surface area contributed by atoms with Gasteiger partial charge in [0.25, 0.3) is 5.56 Å². The van der Waals surface area contributed by atoms with Crippen LogP contribution in [0.2, 0.25) is 0 Å². The predicted molar refractivity (Wildman–Crippen MR) is 115 cm³/mol. The number of nitrogens with one attached hydrogen (secondary N) is 1. The molecule has 0 saturated carbocycles. The van der Waals surface area contributed by atoms with Gasteiger partial charge in [-0.25, -0.2) is 9.78 Å². The summed E-state index contributed by atoms with van der Waals surface area (Å²) in [5, 5.41) is 0. The number of nitrogens with zero attached hydrogens (tertiary/aromatic N) is 3. The van der Waals surface area contributed by atoms with Gasteiger partial charge in [-0.2, -0.15) is 0 Å². The van der Waals surface area contributed by atoms with E-state index in [4.69, 9.17) is 4.74 Å². The van der Waals surface area contributed by atoms with Crippen molar-refractivity contribution >= 4 is 17.1 Å². The van der Waals surface area contributed by atoms with E-state index in [0.29, 0.717) is 48.7 Å². The Morgan fingerprint density at radius 1 is 1.17 bits per heavy atom. The van der Waals surface area contributed by atoms with Gasteiger partial charge in [0.15, 0.2) is 5.65 Å².